The molecule has 0 aliphatic carbocycles. The maximum Gasteiger partial charge on any atom is 0.0336 e. The van der Waals surface area contributed by atoms with Gasteiger partial charge < -0.3 is 0 Å². The molecule has 0 rings (SSSR count). The first kappa shape index (κ1) is 10.4. The van der Waals surface area contributed by atoms with Crippen LogP contribution in [0.5, 0.6) is 0 Å². The van der Waals surface area contributed by atoms with E-state index in [4.69, 9.17) is 5.84 Å². The van der Waals surface area contributed by atoms with E-state index in [-0.39, 0.29) is 0 Å². The zero-order valence-electron chi connectivity index (χ0n) is 7.51. The van der Waals surface area contributed by atoms with Crippen LogP contribution in [-0.2, 0) is 0 Å². The van der Waals surface area contributed by atoms with Gasteiger partial charge in [-0.1, -0.05) is 31.2 Å². The number of hydrazine groups is 1. The lowest BCUT2D eigenvalue weighted by atomic mass is 10.3. The summed E-state index contributed by atoms with van der Waals surface area (Å²) in [7, 11) is 0. The first-order valence-corrected chi connectivity index (χ1v) is 3.95. The van der Waals surface area contributed by atoms with Crippen molar-refractivity contribution in [3.8, 4) is 0 Å². The smallest absolute Gasteiger partial charge is 0.0336 e. The van der Waals surface area contributed by atoms with E-state index >= 15 is 0 Å². The lowest BCUT2D eigenvalue weighted by molar-refractivity contribution is 0.342. The molecule has 0 amide bonds. The zero-order chi connectivity index (χ0) is 8.69. The highest BCUT2D eigenvalue weighted by Crippen LogP contribution is 1.90. The van der Waals surface area contributed by atoms with Crippen LogP contribution in [0.4, 0.5) is 0 Å². The third kappa shape index (κ3) is 7.30. The van der Waals surface area contributed by atoms with Crippen molar-refractivity contribution in [3.05, 3.63) is 24.3 Å². The largest absolute Gasteiger partial charge is 0.268 e. The number of nitrogens with two attached hydrogens (primary N) is 1. The Morgan fingerprint density at radius 1 is 1.55 bits per heavy atom. The zero-order valence-corrected chi connectivity index (χ0v) is 7.51. The van der Waals surface area contributed by atoms with Crippen LogP contribution in [0.1, 0.15) is 20.3 Å². The minimum atomic E-state index is 0.772. The Balaban J connectivity index is 3.44. The third-order valence-corrected chi connectivity index (χ3v) is 1.22. The molecule has 2 nitrogen and oxygen atoms in total. The molecule has 0 aliphatic rings. The van der Waals surface area contributed by atoms with Gasteiger partial charge in [-0.25, -0.2) is 5.01 Å². The molecule has 0 aromatic rings. The SMILES string of the molecule is C=C(C)CN(N)C/C=C/CC. The number of hydrogen-bond acceptors (Lipinski definition) is 2. The molecule has 2 N–H and O–H groups in total. The van der Waals surface area contributed by atoms with Crippen molar-refractivity contribution in [1.82, 2.24) is 5.01 Å². The summed E-state index contributed by atoms with van der Waals surface area (Å²) in [5, 5.41) is 1.74. The number of allylic oxidation sites excluding steroid dienone is 1. The molecule has 0 aromatic carbocycles. The van der Waals surface area contributed by atoms with Crippen LogP contribution < -0.4 is 5.84 Å². The molecule has 0 heterocycles. The quantitative estimate of drug-likeness (QED) is 0.371. The van der Waals surface area contributed by atoms with Gasteiger partial charge in [0.2, 0.25) is 0 Å². The second-order valence-electron chi connectivity index (χ2n) is 2.77. The Bertz CT molecular complexity index is 138. The molecule has 0 atom stereocenters. The van der Waals surface area contributed by atoms with Crippen molar-refractivity contribution in [2.45, 2.75) is 20.3 Å². The molecule has 0 bridgehead atoms. The van der Waals surface area contributed by atoms with Crippen molar-refractivity contribution >= 4 is 0 Å². The molecule has 0 spiro atoms. The van der Waals surface area contributed by atoms with Crippen molar-refractivity contribution in [2.75, 3.05) is 13.1 Å². The highest BCUT2D eigenvalue weighted by Gasteiger charge is 1.93. The molecule has 0 saturated heterocycles. The maximum absolute atomic E-state index is 5.64. The molecule has 64 valence electrons. The van der Waals surface area contributed by atoms with E-state index in [2.05, 4.69) is 25.7 Å². The highest BCUT2D eigenvalue weighted by molar-refractivity contribution is 4.92. The Morgan fingerprint density at radius 3 is 2.64 bits per heavy atom. The van der Waals surface area contributed by atoms with Gasteiger partial charge in [0.15, 0.2) is 0 Å². The summed E-state index contributed by atoms with van der Waals surface area (Å²) in [5.74, 6) is 5.64. The molecule has 0 saturated carbocycles. The van der Waals surface area contributed by atoms with E-state index in [1.165, 1.54) is 0 Å². The Hall–Kier alpha value is -0.600. The van der Waals surface area contributed by atoms with E-state index < -0.39 is 0 Å². The molecule has 0 unspecified atom stereocenters. The van der Waals surface area contributed by atoms with Crippen LogP contribution in [0.15, 0.2) is 24.3 Å². The van der Waals surface area contributed by atoms with Gasteiger partial charge in [0, 0.05) is 13.1 Å². The monoisotopic (exact) mass is 154 g/mol. The fourth-order valence-electron chi connectivity index (χ4n) is 0.788. The van der Waals surface area contributed by atoms with E-state index in [9.17, 15) is 0 Å². The first-order chi connectivity index (χ1) is 5.16. The molecule has 2 heteroatoms. The summed E-state index contributed by atoms with van der Waals surface area (Å²) in [5.41, 5.74) is 1.09. The van der Waals surface area contributed by atoms with Gasteiger partial charge in [0.05, 0.1) is 0 Å². The predicted molar refractivity (Wildman–Crippen MR) is 50.0 cm³/mol. The molecule has 11 heavy (non-hydrogen) atoms. The molecule has 0 radical (unpaired) electrons. The van der Waals surface area contributed by atoms with Crippen LogP contribution in [0.2, 0.25) is 0 Å². The van der Waals surface area contributed by atoms with Gasteiger partial charge in [-0.15, -0.1) is 0 Å². The van der Waals surface area contributed by atoms with Gasteiger partial charge in [0.1, 0.15) is 0 Å². The highest BCUT2D eigenvalue weighted by atomic mass is 15.4. The van der Waals surface area contributed by atoms with E-state index in [0.717, 1.165) is 25.1 Å². The average molecular weight is 154 g/mol. The summed E-state index contributed by atoms with van der Waals surface area (Å²) in [6.45, 7) is 9.44. The third-order valence-electron chi connectivity index (χ3n) is 1.22. The van der Waals surface area contributed by atoms with Gasteiger partial charge in [0.25, 0.3) is 0 Å². The minimum Gasteiger partial charge on any atom is -0.268 e. The average Bonchev–Trinajstić information content (AvgIpc) is 1.86. The summed E-state index contributed by atoms with van der Waals surface area (Å²) in [4.78, 5) is 0. The molecule has 0 aromatic heterocycles. The van der Waals surface area contributed by atoms with Gasteiger partial charge in [-0.2, -0.15) is 0 Å². The standard InChI is InChI=1S/C9H18N2/c1-4-5-6-7-11(10)8-9(2)3/h5-6H,2,4,7-8,10H2,1,3H3/b6-5+. The number of hydrogen-bond donors (Lipinski definition) is 1. The summed E-state index contributed by atoms with van der Waals surface area (Å²) < 4.78 is 0. The molecule has 0 fully saturated rings. The summed E-state index contributed by atoms with van der Waals surface area (Å²) >= 11 is 0. The van der Waals surface area contributed by atoms with Crippen molar-refractivity contribution in [2.24, 2.45) is 5.84 Å². The van der Waals surface area contributed by atoms with Crippen LogP contribution in [0, 0.1) is 0 Å². The molecule has 0 aliphatic heterocycles. The second kappa shape index (κ2) is 6.13. The normalized spacial score (nSPS) is 11.3. The Morgan fingerprint density at radius 2 is 2.18 bits per heavy atom. The topological polar surface area (TPSA) is 29.3 Å². The number of rotatable bonds is 5. The van der Waals surface area contributed by atoms with Crippen LogP contribution in [-0.4, -0.2) is 18.1 Å². The second-order valence-corrected chi connectivity index (χ2v) is 2.77. The van der Waals surface area contributed by atoms with Crippen LogP contribution in [0.25, 0.3) is 0 Å². The summed E-state index contributed by atoms with van der Waals surface area (Å²) in [6, 6.07) is 0. The lowest BCUT2D eigenvalue weighted by Crippen LogP contribution is -2.32. The van der Waals surface area contributed by atoms with Crippen LogP contribution in [0.3, 0.4) is 0 Å². The Labute approximate surface area is 69.3 Å². The van der Waals surface area contributed by atoms with Crippen LogP contribution >= 0.6 is 0 Å². The first-order valence-electron chi connectivity index (χ1n) is 3.95. The van der Waals surface area contributed by atoms with Crippen molar-refractivity contribution in [3.63, 3.8) is 0 Å². The fraction of sp³-hybridized carbons (Fsp3) is 0.556. The van der Waals surface area contributed by atoms with Gasteiger partial charge in [-0.05, 0) is 13.3 Å². The number of nitrogens with zero attached hydrogens (tertiary/aromatic N) is 1. The van der Waals surface area contributed by atoms with E-state index in [0.29, 0.717) is 0 Å². The molecular weight excluding hydrogens is 136 g/mol. The van der Waals surface area contributed by atoms with E-state index in [1.54, 1.807) is 5.01 Å². The maximum atomic E-state index is 5.64. The lowest BCUT2D eigenvalue weighted by Gasteiger charge is -2.12. The summed E-state index contributed by atoms with van der Waals surface area (Å²) in [6.07, 6.45) is 5.25. The van der Waals surface area contributed by atoms with Gasteiger partial charge in [-0.3, -0.25) is 5.84 Å². The van der Waals surface area contributed by atoms with Crippen molar-refractivity contribution < 1.29 is 0 Å². The predicted octanol–water partition coefficient (Wildman–Crippen LogP) is 1.70. The molecular formula is C9H18N2. The Kier molecular flexibility index (Phi) is 5.80. The fourth-order valence-corrected chi connectivity index (χ4v) is 0.788. The van der Waals surface area contributed by atoms with Gasteiger partial charge >= 0.3 is 0 Å². The van der Waals surface area contributed by atoms with E-state index in [1.807, 2.05) is 6.92 Å². The minimum absolute atomic E-state index is 0.772. The van der Waals surface area contributed by atoms with Crippen molar-refractivity contribution in [1.29, 1.82) is 0 Å².